The van der Waals surface area contributed by atoms with Gasteiger partial charge in [-0.3, -0.25) is 0 Å². The van der Waals surface area contributed by atoms with E-state index in [-0.39, 0.29) is 17.6 Å². The fraction of sp³-hybridized carbons (Fsp3) is 1.00. The van der Waals surface area contributed by atoms with Gasteiger partial charge in [0.25, 0.3) is 0 Å². The fourth-order valence-corrected chi connectivity index (χ4v) is 1.55. The highest BCUT2D eigenvalue weighted by atomic mass is 16.3. The third-order valence-corrected chi connectivity index (χ3v) is 3.13. The van der Waals surface area contributed by atoms with Crippen molar-refractivity contribution in [3.63, 3.8) is 0 Å². The van der Waals surface area contributed by atoms with Crippen LogP contribution in [0.4, 0.5) is 0 Å². The normalized spacial score (nSPS) is 47.4. The molecule has 0 aromatic rings. The number of aliphatic hydroxyl groups excluding tert-OH is 2. The van der Waals surface area contributed by atoms with Gasteiger partial charge in [0.15, 0.2) is 0 Å². The Kier molecular flexibility index (Phi) is 1.77. The maximum absolute atomic E-state index is 9.35. The zero-order valence-corrected chi connectivity index (χ0v) is 6.83. The lowest BCUT2D eigenvalue weighted by molar-refractivity contribution is -0.180. The highest BCUT2D eigenvalue weighted by molar-refractivity contribution is 5.01. The summed E-state index contributed by atoms with van der Waals surface area (Å²) in [6.07, 6.45) is -0.0562. The molecule has 2 N–H and O–H groups in total. The molecule has 0 heterocycles. The molecule has 0 aliphatic heterocycles. The first-order valence-corrected chi connectivity index (χ1v) is 3.85. The number of hydrogen-bond acceptors (Lipinski definition) is 2. The minimum atomic E-state index is -0.303. The average molecular weight is 144 g/mol. The number of aliphatic hydroxyl groups is 2. The van der Waals surface area contributed by atoms with Crippen molar-refractivity contribution < 1.29 is 10.2 Å². The first-order chi connectivity index (χ1) is 4.49. The van der Waals surface area contributed by atoms with Crippen molar-refractivity contribution >= 4 is 0 Å². The van der Waals surface area contributed by atoms with Crippen molar-refractivity contribution in [2.45, 2.75) is 39.4 Å². The Hall–Kier alpha value is -0.0800. The molecule has 1 aliphatic rings. The summed E-state index contributed by atoms with van der Waals surface area (Å²) in [4.78, 5) is 0. The summed E-state index contributed by atoms with van der Waals surface area (Å²) in [7, 11) is 0. The smallest absolute Gasteiger partial charge is 0.0645 e. The highest BCUT2D eigenvalue weighted by Crippen LogP contribution is 2.46. The molecule has 0 bridgehead atoms. The van der Waals surface area contributed by atoms with Gasteiger partial charge < -0.3 is 10.2 Å². The maximum atomic E-state index is 9.35. The molecule has 2 atom stereocenters. The Morgan fingerprint density at radius 2 is 1.70 bits per heavy atom. The average Bonchev–Trinajstić information content (AvgIpc) is 1.86. The van der Waals surface area contributed by atoms with E-state index in [1.807, 2.05) is 20.8 Å². The second-order valence-corrected chi connectivity index (χ2v) is 3.79. The Labute approximate surface area is 61.9 Å². The van der Waals surface area contributed by atoms with Gasteiger partial charge in [-0.25, -0.2) is 0 Å². The molecule has 2 nitrogen and oxygen atoms in total. The predicted molar refractivity (Wildman–Crippen MR) is 39.6 cm³/mol. The van der Waals surface area contributed by atoms with E-state index in [9.17, 15) is 10.2 Å². The SMILES string of the molecule is CC(C)C1(C)C(O)CC1O. The predicted octanol–water partition coefficient (Wildman–Crippen LogP) is 0.774. The summed E-state index contributed by atoms with van der Waals surface area (Å²) in [5.74, 6) is 0.353. The van der Waals surface area contributed by atoms with Gasteiger partial charge in [0.2, 0.25) is 0 Å². The van der Waals surface area contributed by atoms with Crippen LogP contribution in [0.15, 0.2) is 0 Å². The van der Waals surface area contributed by atoms with Gasteiger partial charge in [-0.15, -0.1) is 0 Å². The Balaban J connectivity index is 2.66. The van der Waals surface area contributed by atoms with Crippen LogP contribution in [0.5, 0.6) is 0 Å². The van der Waals surface area contributed by atoms with Gasteiger partial charge in [-0.1, -0.05) is 20.8 Å². The summed E-state index contributed by atoms with van der Waals surface area (Å²) in [5, 5.41) is 18.7. The molecule has 1 rings (SSSR count). The van der Waals surface area contributed by atoms with Crippen LogP contribution in [-0.2, 0) is 0 Å². The molecule has 1 saturated carbocycles. The second-order valence-electron chi connectivity index (χ2n) is 3.79. The molecule has 0 saturated heterocycles. The summed E-state index contributed by atoms with van der Waals surface area (Å²) >= 11 is 0. The van der Waals surface area contributed by atoms with Crippen molar-refractivity contribution in [2.75, 3.05) is 0 Å². The standard InChI is InChI=1S/C8H16O2/c1-5(2)8(3)6(9)4-7(8)10/h5-7,9-10H,4H2,1-3H3. The first kappa shape index (κ1) is 8.02. The number of hydrogen-bond donors (Lipinski definition) is 2. The van der Waals surface area contributed by atoms with Crippen LogP contribution in [0.3, 0.4) is 0 Å². The minimum Gasteiger partial charge on any atom is -0.392 e. The molecular formula is C8H16O2. The molecule has 0 amide bonds. The fourth-order valence-electron chi connectivity index (χ4n) is 1.55. The Bertz CT molecular complexity index is 114. The van der Waals surface area contributed by atoms with Gasteiger partial charge in [0, 0.05) is 11.8 Å². The van der Waals surface area contributed by atoms with Crippen LogP contribution in [-0.4, -0.2) is 22.4 Å². The Morgan fingerprint density at radius 1 is 1.30 bits per heavy atom. The van der Waals surface area contributed by atoms with Gasteiger partial charge in [-0.05, 0) is 5.92 Å². The largest absolute Gasteiger partial charge is 0.392 e. The molecule has 0 radical (unpaired) electrons. The van der Waals surface area contributed by atoms with Crippen molar-refractivity contribution in [3.05, 3.63) is 0 Å². The van der Waals surface area contributed by atoms with Crippen molar-refractivity contribution in [2.24, 2.45) is 11.3 Å². The van der Waals surface area contributed by atoms with Gasteiger partial charge in [0.1, 0.15) is 0 Å². The monoisotopic (exact) mass is 144 g/mol. The lowest BCUT2D eigenvalue weighted by Crippen LogP contribution is -2.58. The third-order valence-electron chi connectivity index (χ3n) is 3.13. The van der Waals surface area contributed by atoms with E-state index in [1.54, 1.807) is 0 Å². The quantitative estimate of drug-likeness (QED) is 0.570. The van der Waals surface area contributed by atoms with E-state index in [4.69, 9.17) is 0 Å². The summed E-state index contributed by atoms with van der Waals surface area (Å²) in [6, 6.07) is 0. The summed E-state index contributed by atoms with van der Waals surface area (Å²) < 4.78 is 0. The third kappa shape index (κ3) is 0.789. The van der Waals surface area contributed by atoms with Crippen LogP contribution >= 0.6 is 0 Å². The van der Waals surface area contributed by atoms with E-state index < -0.39 is 0 Å². The zero-order valence-electron chi connectivity index (χ0n) is 6.83. The van der Waals surface area contributed by atoms with E-state index >= 15 is 0 Å². The molecule has 2 unspecified atom stereocenters. The van der Waals surface area contributed by atoms with Crippen LogP contribution in [0.25, 0.3) is 0 Å². The van der Waals surface area contributed by atoms with Crippen molar-refractivity contribution in [1.29, 1.82) is 0 Å². The van der Waals surface area contributed by atoms with E-state index in [0.717, 1.165) is 0 Å². The van der Waals surface area contributed by atoms with Crippen LogP contribution in [0.1, 0.15) is 27.2 Å². The lowest BCUT2D eigenvalue weighted by Gasteiger charge is -2.51. The molecule has 0 spiro atoms. The molecule has 2 heteroatoms. The molecule has 0 aromatic carbocycles. The minimum absolute atomic E-state index is 0.250. The zero-order chi connectivity index (χ0) is 7.94. The Morgan fingerprint density at radius 3 is 1.80 bits per heavy atom. The molecule has 0 aromatic heterocycles. The molecule has 1 aliphatic carbocycles. The lowest BCUT2D eigenvalue weighted by atomic mass is 9.59. The van der Waals surface area contributed by atoms with Crippen LogP contribution < -0.4 is 0 Å². The maximum Gasteiger partial charge on any atom is 0.0645 e. The summed E-state index contributed by atoms with van der Waals surface area (Å²) in [6.45, 7) is 6.01. The second kappa shape index (κ2) is 2.21. The van der Waals surface area contributed by atoms with Crippen molar-refractivity contribution in [1.82, 2.24) is 0 Å². The molecule has 1 fully saturated rings. The van der Waals surface area contributed by atoms with Gasteiger partial charge in [0.05, 0.1) is 12.2 Å². The van der Waals surface area contributed by atoms with Gasteiger partial charge in [-0.2, -0.15) is 0 Å². The van der Waals surface area contributed by atoms with Crippen molar-refractivity contribution in [3.8, 4) is 0 Å². The molecule has 60 valence electrons. The number of rotatable bonds is 1. The molecule has 10 heavy (non-hydrogen) atoms. The summed E-state index contributed by atoms with van der Waals surface area (Å²) in [5.41, 5.74) is -0.250. The van der Waals surface area contributed by atoms with Gasteiger partial charge >= 0.3 is 0 Å². The van der Waals surface area contributed by atoms with E-state index in [1.165, 1.54) is 0 Å². The van der Waals surface area contributed by atoms with E-state index in [0.29, 0.717) is 12.3 Å². The van der Waals surface area contributed by atoms with Crippen LogP contribution in [0, 0.1) is 11.3 Å². The molecular weight excluding hydrogens is 128 g/mol. The topological polar surface area (TPSA) is 40.5 Å². The van der Waals surface area contributed by atoms with E-state index in [2.05, 4.69) is 0 Å². The van der Waals surface area contributed by atoms with Crippen LogP contribution in [0.2, 0.25) is 0 Å². The highest BCUT2D eigenvalue weighted by Gasteiger charge is 2.51. The first-order valence-electron chi connectivity index (χ1n) is 3.85.